The van der Waals surface area contributed by atoms with Crippen LogP contribution in [0, 0.1) is 11.6 Å². The summed E-state index contributed by atoms with van der Waals surface area (Å²) in [6.07, 6.45) is 1.71. The van der Waals surface area contributed by atoms with Crippen molar-refractivity contribution in [3.63, 3.8) is 0 Å². The van der Waals surface area contributed by atoms with Gasteiger partial charge in [0.25, 0.3) is 0 Å². The van der Waals surface area contributed by atoms with Crippen LogP contribution in [-0.2, 0) is 27.5 Å². The molecule has 2 aromatic rings. The molecule has 0 saturated carbocycles. The number of benzene rings is 2. The van der Waals surface area contributed by atoms with E-state index in [1.807, 2.05) is 6.26 Å². The fourth-order valence-corrected chi connectivity index (χ4v) is 5.28. The molecule has 2 atom stereocenters. The van der Waals surface area contributed by atoms with Crippen LogP contribution in [0.25, 0.3) is 0 Å². The van der Waals surface area contributed by atoms with E-state index in [4.69, 9.17) is 4.74 Å². The maximum atomic E-state index is 13.5. The van der Waals surface area contributed by atoms with E-state index in [0.717, 1.165) is 11.1 Å². The highest BCUT2D eigenvalue weighted by atomic mass is 32.2. The first-order chi connectivity index (χ1) is 18.8. The van der Waals surface area contributed by atoms with Crippen molar-refractivity contribution < 1.29 is 27.9 Å². The van der Waals surface area contributed by atoms with Crippen LogP contribution in [0.4, 0.5) is 13.6 Å². The Morgan fingerprint density at radius 1 is 1.05 bits per heavy atom. The van der Waals surface area contributed by atoms with Crippen molar-refractivity contribution in [1.82, 2.24) is 25.1 Å². The molecule has 2 fully saturated rings. The zero-order valence-electron chi connectivity index (χ0n) is 22.0. The molecule has 4 amide bonds. The number of urea groups is 1. The van der Waals surface area contributed by atoms with E-state index in [0.29, 0.717) is 12.2 Å². The molecule has 0 aromatic heterocycles. The van der Waals surface area contributed by atoms with Crippen molar-refractivity contribution in [2.24, 2.45) is 0 Å². The van der Waals surface area contributed by atoms with Gasteiger partial charge in [-0.1, -0.05) is 24.3 Å². The van der Waals surface area contributed by atoms with Gasteiger partial charge >= 0.3 is 6.03 Å². The monoisotopic (exact) mass is 561 g/mol. The first-order valence-corrected chi connectivity index (χ1v) is 14.1. The second kappa shape index (κ2) is 13.2. The Morgan fingerprint density at radius 3 is 2.33 bits per heavy atom. The zero-order chi connectivity index (χ0) is 27.9. The molecule has 0 aliphatic carbocycles. The van der Waals surface area contributed by atoms with E-state index in [9.17, 15) is 23.2 Å². The predicted octanol–water partition coefficient (Wildman–Crippen LogP) is 2.67. The summed E-state index contributed by atoms with van der Waals surface area (Å²) in [5, 5.41) is 5.90. The molecular formula is C27H33F2N5O4S. The van der Waals surface area contributed by atoms with Gasteiger partial charge in [-0.2, -0.15) is 11.8 Å². The standard InChI is InChI=1S/C27H33F2N5O4S/c1-31-17-25(35)33-23(11-14-39-2)26(36)32(12-13-38-18-20-5-9-22(29)10-6-20)16-24(33)34(31)27(37)30-15-19-3-7-21(28)8-4-19/h3-10,23-24H,11-18H2,1-2H3,(H,30,37)/t23-,24-/m0/s1. The lowest BCUT2D eigenvalue weighted by Crippen LogP contribution is -2.76. The number of halogens is 2. The molecule has 0 bridgehead atoms. The molecule has 4 rings (SSSR count). The summed E-state index contributed by atoms with van der Waals surface area (Å²) in [5.41, 5.74) is 1.54. The van der Waals surface area contributed by atoms with Crippen LogP contribution >= 0.6 is 11.8 Å². The molecule has 39 heavy (non-hydrogen) atoms. The van der Waals surface area contributed by atoms with Crippen LogP contribution in [0.1, 0.15) is 17.5 Å². The summed E-state index contributed by atoms with van der Waals surface area (Å²) in [4.78, 5) is 43.2. The number of fused-ring (bicyclic) bond motifs is 1. The van der Waals surface area contributed by atoms with Crippen LogP contribution in [0.3, 0.4) is 0 Å². The Hall–Kier alpha value is -3.22. The minimum atomic E-state index is -0.693. The van der Waals surface area contributed by atoms with Gasteiger partial charge in [0.05, 0.1) is 26.3 Å². The number of ether oxygens (including phenoxy) is 1. The molecule has 2 heterocycles. The first-order valence-electron chi connectivity index (χ1n) is 12.7. The van der Waals surface area contributed by atoms with Crippen LogP contribution < -0.4 is 5.32 Å². The minimum Gasteiger partial charge on any atom is -0.375 e. The summed E-state index contributed by atoms with van der Waals surface area (Å²) in [6.45, 7) is 1.07. The van der Waals surface area contributed by atoms with E-state index >= 15 is 0 Å². The number of hydrogen-bond donors (Lipinski definition) is 1. The lowest BCUT2D eigenvalue weighted by Gasteiger charge is -2.54. The van der Waals surface area contributed by atoms with E-state index in [1.54, 1.807) is 57.9 Å². The maximum Gasteiger partial charge on any atom is 0.334 e. The maximum absolute atomic E-state index is 13.5. The molecule has 2 aromatic carbocycles. The molecule has 12 heteroatoms. The van der Waals surface area contributed by atoms with Gasteiger partial charge in [-0.25, -0.2) is 23.6 Å². The molecule has 0 spiro atoms. The second-order valence-corrected chi connectivity index (χ2v) is 10.5. The number of nitrogens with zero attached hydrogens (tertiary/aromatic N) is 4. The molecule has 2 aliphatic rings. The van der Waals surface area contributed by atoms with Crippen molar-refractivity contribution in [2.45, 2.75) is 31.8 Å². The highest BCUT2D eigenvalue weighted by Gasteiger charge is 2.50. The van der Waals surface area contributed by atoms with Crippen molar-refractivity contribution in [3.8, 4) is 0 Å². The molecule has 210 valence electrons. The Kier molecular flexibility index (Phi) is 9.76. The number of piperazine rings is 1. The van der Waals surface area contributed by atoms with Gasteiger partial charge in [0, 0.05) is 20.1 Å². The molecule has 1 N–H and O–H groups in total. The largest absolute Gasteiger partial charge is 0.375 e. The average molecular weight is 562 g/mol. The highest BCUT2D eigenvalue weighted by molar-refractivity contribution is 7.98. The normalized spacial score (nSPS) is 19.8. The van der Waals surface area contributed by atoms with Gasteiger partial charge in [0.1, 0.15) is 23.8 Å². The molecule has 9 nitrogen and oxygen atoms in total. The third-order valence-corrected chi connectivity index (χ3v) is 7.43. The van der Waals surface area contributed by atoms with Gasteiger partial charge in [-0.15, -0.1) is 0 Å². The predicted molar refractivity (Wildman–Crippen MR) is 143 cm³/mol. The number of hydrazine groups is 1. The van der Waals surface area contributed by atoms with Crippen LogP contribution in [0.15, 0.2) is 48.5 Å². The van der Waals surface area contributed by atoms with E-state index in [1.165, 1.54) is 29.3 Å². The van der Waals surface area contributed by atoms with Crippen LogP contribution in [0.5, 0.6) is 0 Å². The third kappa shape index (κ3) is 7.06. The van der Waals surface area contributed by atoms with Gasteiger partial charge in [-0.3, -0.25) is 9.59 Å². The molecular weight excluding hydrogens is 528 g/mol. The molecule has 0 unspecified atom stereocenters. The zero-order valence-corrected chi connectivity index (χ0v) is 22.8. The number of amides is 4. The Bertz CT molecular complexity index is 1150. The number of thioether (sulfide) groups is 1. The van der Waals surface area contributed by atoms with Crippen molar-refractivity contribution in [2.75, 3.05) is 45.3 Å². The summed E-state index contributed by atoms with van der Waals surface area (Å²) >= 11 is 1.58. The topological polar surface area (TPSA) is 85.4 Å². The number of hydrogen-bond acceptors (Lipinski definition) is 6. The van der Waals surface area contributed by atoms with Crippen LogP contribution in [-0.4, -0.2) is 95.2 Å². The number of carbonyl (C=O) groups is 3. The first kappa shape index (κ1) is 28.8. The fourth-order valence-electron chi connectivity index (χ4n) is 4.82. The van der Waals surface area contributed by atoms with Crippen molar-refractivity contribution >= 4 is 29.6 Å². The van der Waals surface area contributed by atoms with E-state index < -0.39 is 18.2 Å². The third-order valence-electron chi connectivity index (χ3n) is 6.79. The van der Waals surface area contributed by atoms with Gasteiger partial charge < -0.3 is 19.9 Å². The molecule has 2 saturated heterocycles. The summed E-state index contributed by atoms with van der Waals surface area (Å²) in [7, 11) is 1.66. The summed E-state index contributed by atoms with van der Waals surface area (Å²) in [5.74, 6) is -0.391. The Balaban J connectivity index is 1.46. The van der Waals surface area contributed by atoms with Crippen molar-refractivity contribution in [1.29, 1.82) is 0 Å². The molecule has 2 aliphatic heterocycles. The summed E-state index contributed by atoms with van der Waals surface area (Å²) in [6, 6.07) is 10.7. The van der Waals surface area contributed by atoms with E-state index in [2.05, 4.69) is 5.32 Å². The SMILES string of the molecule is CSCC[C@H]1C(=O)N(CCOCc2ccc(F)cc2)C[C@H]2N1C(=O)CN(C)N2C(=O)NCc1ccc(F)cc1. The fraction of sp³-hybridized carbons (Fsp3) is 0.444. The lowest BCUT2D eigenvalue weighted by atomic mass is 10.0. The van der Waals surface area contributed by atoms with Crippen molar-refractivity contribution in [3.05, 3.63) is 71.3 Å². The van der Waals surface area contributed by atoms with Crippen LogP contribution in [0.2, 0.25) is 0 Å². The van der Waals surface area contributed by atoms with Gasteiger partial charge in [0.15, 0.2) is 0 Å². The number of carbonyl (C=O) groups excluding carboxylic acids is 3. The van der Waals surface area contributed by atoms with Gasteiger partial charge in [-0.05, 0) is 53.8 Å². The number of rotatable bonds is 10. The smallest absolute Gasteiger partial charge is 0.334 e. The highest BCUT2D eigenvalue weighted by Crippen LogP contribution is 2.28. The second-order valence-electron chi connectivity index (χ2n) is 9.49. The summed E-state index contributed by atoms with van der Waals surface area (Å²) < 4.78 is 32.2. The minimum absolute atomic E-state index is 0.0374. The number of nitrogens with one attached hydrogen (secondary N) is 1. The van der Waals surface area contributed by atoms with E-state index in [-0.39, 0.29) is 62.8 Å². The average Bonchev–Trinajstić information content (AvgIpc) is 2.91. The molecule has 0 radical (unpaired) electrons. The number of likely N-dealkylation sites (N-methyl/N-ethyl adjacent to an activating group) is 1. The Morgan fingerprint density at radius 2 is 1.69 bits per heavy atom. The van der Waals surface area contributed by atoms with Gasteiger partial charge in [0.2, 0.25) is 11.8 Å². The Labute approximate surface area is 231 Å². The lowest BCUT2D eigenvalue weighted by molar-refractivity contribution is -0.187. The quantitative estimate of drug-likeness (QED) is 0.449.